The standard InChI is InChI=1S/C13H22N4S/c1-4-14-12-16-10(2)8-11(17-12)15-9-13(3)6-5-7-18-13/h8H,4-7,9H2,1-3H3,(H2,14,15,16,17). The molecule has 2 heterocycles. The van der Waals surface area contributed by atoms with Crippen LogP contribution in [-0.4, -0.2) is 33.6 Å². The molecule has 1 aliphatic rings. The molecule has 1 aromatic heterocycles. The number of anilines is 2. The maximum Gasteiger partial charge on any atom is 0.224 e. The van der Waals surface area contributed by atoms with Crippen LogP contribution in [0.5, 0.6) is 0 Å². The molecule has 5 heteroatoms. The molecule has 2 rings (SSSR count). The van der Waals surface area contributed by atoms with Gasteiger partial charge in [-0.15, -0.1) is 0 Å². The molecular formula is C13H22N4S. The average molecular weight is 266 g/mol. The van der Waals surface area contributed by atoms with Crippen LogP contribution in [-0.2, 0) is 0 Å². The number of hydrogen-bond acceptors (Lipinski definition) is 5. The lowest BCUT2D eigenvalue weighted by atomic mass is 10.1. The first-order valence-electron chi connectivity index (χ1n) is 6.59. The van der Waals surface area contributed by atoms with Crippen molar-refractivity contribution in [3.63, 3.8) is 0 Å². The lowest BCUT2D eigenvalue weighted by Crippen LogP contribution is -2.27. The zero-order valence-corrected chi connectivity index (χ0v) is 12.2. The molecule has 0 amide bonds. The average Bonchev–Trinajstić information content (AvgIpc) is 2.74. The predicted molar refractivity (Wildman–Crippen MR) is 79.5 cm³/mol. The fourth-order valence-electron chi connectivity index (χ4n) is 2.15. The highest BCUT2D eigenvalue weighted by Crippen LogP contribution is 2.37. The SMILES string of the molecule is CCNc1nc(C)cc(NCC2(C)CCCS2)n1. The van der Waals surface area contributed by atoms with E-state index >= 15 is 0 Å². The predicted octanol–water partition coefficient (Wildman–Crippen LogP) is 2.91. The molecule has 1 saturated heterocycles. The Morgan fingerprint density at radius 1 is 1.39 bits per heavy atom. The third-order valence-electron chi connectivity index (χ3n) is 3.13. The smallest absolute Gasteiger partial charge is 0.224 e. The van der Waals surface area contributed by atoms with Gasteiger partial charge in [-0.05, 0) is 39.4 Å². The molecule has 1 atom stereocenters. The second-order valence-electron chi connectivity index (χ2n) is 5.00. The van der Waals surface area contributed by atoms with E-state index in [0.717, 1.165) is 24.6 Å². The summed E-state index contributed by atoms with van der Waals surface area (Å²) in [6.45, 7) is 8.20. The molecule has 0 aromatic carbocycles. The second kappa shape index (κ2) is 5.78. The van der Waals surface area contributed by atoms with Gasteiger partial charge in [0, 0.05) is 29.6 Å². The van der Waals surface area contributed by atoms with Gasteiger partial charge in [-0.2, -0.15) is 16.7 Å². The van der Waals surface area contributed by atoms with Crippen molar-refractivity contribution in [2.24, 2.45) is 0 Å². The number of nitrogens with zero attached hydrogens (tertiary/aromatic N) is 2. The summed E-state index contributed by atoms with van der Waals surface area (Å²) in [5.74, 6) is 2.92. The van der Waals surface area contributed by atoms with Gasteiger partial charge < -0.3 is 10.6 Å². The van der Waals surface area contributed by atoms with Gasteiger partial charge >= 0.3 is 0 Å². The highest BCUT2D eigenvalue weighted by atomic mass is 32.2. The van der Waals surface area contributed by atoms with Crippen LogP contribution in [0.3, 0.4) is 0 Å². The number of nitrogens with one attached hydrogen (secondary N) is 2. The Balaban J connectivity index is 2.00. The molecule has 1 aromatic rings. The van der Waals surface area contributed by atoms with Gasteiger partial charge in [0.15, 0.2) is 0 Å². The molecule has 2 N–H and O–H groups in total. The number of aromatic nitrogens is 2. The Morgan fingerprint density at radius 3 is 2.89 bits per heavy atom. The lowest BCUT2D eigenvalue weighted by Gasteiger charge is -2.23. The Bertz CT molecular complexity index is 402. The Hall–Kier alpha value is -0.970. The number of rotatable bonds is 5. The number of thioether (sulfide) groups is 1. The maximum atomic E-state index is 4.47. The number of hydrogen-bond donors (Lipinski definition) is 2. The van der Waals surface area contributed by atoms with Gasteiger partial charge in [-0.25, -0.2) is 4.98 Å². The Labute approximate surface area is 113 Å². The molecule has 0 bridgehead atoms. The summed E-state index contributed by atoms with van der Waals surface area (Å²) in [6.07, 6.45) is 2.61. The number of aryl methyl sites for hydroxylation is 1. The molecule has 100 valence electrons. The van der Waals surface area contributed by atoms with Crippen molar-refractivity contribution in [3.8, 4) is 0 Å². The first-order chi connectivity index (χ1) is 8.61. The van der Waals surface area contributed by atoms with Crippen molar-refractivity contribution in [1.82, 2.24) is 9.97 Å². The van der Waals surface area contributed by atoms with E-state index in [1.807, 2.05) is 13.0 Å². The van der Waals surface area contributed by atoms with Crippen LogP contribution in [0.25, 0.3) is 0 Å². The monoisotopic (exact) mass is 266 g/mol. The molecule has 1 unspecified atom stereocenters. The maximum absolute atomic E-state index is 4.47. The quantitative estimate of drug-likeness (QED) is 0.858. The van der Waals surface area contributed by atoms with Crippen molar-refractivity contribution in [3.05, 3.63) is 11.8 Å². The molecule has 0 radical (unpaired) electrons. The molecule has 4 nitrogen and oxygen atoms in total. The normalized spacial score (nSPS) is 23.1. The largest absolute Gasteiger partial charge is 0.369 e. The topological polar surface area (TPSA) is 49.8 Å². The van der Waals surface area contributed by atoms with E-state index in [9.17, 15) is 0 Å². The summed E-state index contributed by atoms with van der Waals surface area (Å²) in [7, 11) is 0. The summed E-state index contributed by atoms with van der Waals surface area (Å²) in [6, 6.07) is 2.00. The molecule has 0 spiro atoms. The molecule has 1 aliphatic heterocycles. The van der Waals surface area contributed by atoms with Crippen LogP contribution in [0, 0.1) is 6.92 Å². The highest BCUT2D eigenvalue weighted by molar-refractivity contribution is 8.00. The highest BCUT2D eigenvalue weighted by Gasteiger charge is 2.29. The minimum absolute atomic E-state index is 0.358. The van der Waals surface area contributed by atoms with Crippen molar-refractivity contribution in [2.75, 3.05) is 29.5 Å². The van der Waals surface area contributed by atoms with Crippen LogP contribution in [0.2, 0.25) is 0 Å². The van der Waals surface area contributed by atoms with Crippen LogP contribution in [0.1, 0.15) is 32.4 Å². The van der Waals surface area contributed by atoms with Crippen LogP contribution in [0.15, 0.2) is 6.07 Å². The van der Waals surface area contributed by atoms with Crippen molar-refractivity contribution in [2.45, 2.75) is 38.4 Å². The van der Waals surface area contributed by atoms with E-state index < -0.39 is 0 Å². The molecule has 0 saturated carbocycles. The molecule has 1 fully saturated rings. The molecular weight excluding hydrogens is 244 g/mol. The molecule has 18 heavy (non-hydrogen) atoms. The summed E-state index contributed by atoms with van der Waals surface area (Å²) >= 11 is 2.06. The molecule has 0 aliphatic carbocycles. The van der Waals surface area contributed by atoms with Crippen LogP contribution in [0.4, 0.5) is 11.8 Å². The van der Waals surface area contributed by atoms with E-state index in [-0.39, 0.29) is 0 Å². The fraction of sp³-hybridized carbons (Fsp3) is 0.692. The van der Waals surface area contributed by atoms with Gasteiger partial charge in [0.2, 0.25) is 5.95 Å². The van der Waals surface area contributed by atoms with Gasteiger partial charge in [0.1, 0.15) is 5.82 Å². The van der Waals surface area contributed by atoms with Gasteiger partial charge in [-0.1, -0.05) is 0 Å². The third kappa shape index (κ3) is 3.51. The van der Waals surface area contributed by atoms with Crippen molar-refractivity contribution < 1.29 is 0 Å². The minimum atomic E-state index is 0.358. The zero-order valence-electron chi connectivity index (χ0n) is 11.4. The van der Waals surface area contributed by atoms with E-state index in [2.05, 4.69) is 46.2 Å². The Kier molecular flexibility index (Phi) is 4.32. The summed E-state index contributed by atoms with van der Waals surface area (Å²) < 4.78 is 0.358. The third-order valence-corrected chi connectivity index (χ3v) is 4.67. The summed E-state index contributed by atoms with van der Waals surface area (Å²) in [5.41, 5.74) is 0.993. The van der Waals surface area contributed by atoms with Crippen molar-refractivity contribution >= 4 is 23.5 Å². The van der Waals surface area contributed by atoms with E-state index in [0.29, 0.717) is 10.7 Å². The van der Waals surface area contributed by atoms with E-state index in [1.165, 1.54) is 18.6 Å². The van der Waals surface area contributed by atoms with Crippen LogP contribution < -0.4 is 10.6 Å². The van der Waals surface area contributed by atoms with Gasteiger partial charge in [0.05, 0.1) is 0 Å². The minimum Gasteiger partial charge on any atom is -0.369 e. The first-order valence-corrected chi connectivity index (χ1v) is 7.57. The Morgan fingerprint density at radius 2 is 2.22 bits per heavy atom. The van der Waals surface area contributed by atoms with Crippen molar-refractivity contribution in [1.29, 1.82) is 0 Å². The zero-order chi connectivity index (χ0) is 13.0. The van der Waals surface area contributed by atoms with Crippen LogP contribution >= 0.6 is 11.8 Å². The second-order valence-corrected chi connectivity index (χ2v) is 6.69. The summed E-state index contributed by atoms with van der Waals surface area (Å²) in [5, 5.41) is 6.61. The van der Waals surface area contributed by atoms with Gasteiger partial charge in [0.25, 0.3) is 0 Å². The fourth-order valence-corrected chi connectivity index (χ4v) is 3.39. The van der Waals surface area contributed by atoms with Gasteiger partial charge in [-0.3, -0.25) is 0 Å². The first kappa shape index (κ1) is 13.5. The lowest BCUT2D eigenvalue weighted by molar-refractivity contribution is 0.633. The summed E-state index contributed by atoms with van der Waals surface area (Å²) in [4.78, 5) is 8.83. The van der Waals surface area contributed by atoms with E-state index in [1.54, 1.807) is 0 Å². The van der Waals surface area contributed by atoms with E-state index in [4.69, 9.17) is 0 Å².